The average Bonchev–Trinajstić information content (AvgIpc) is 2.60. The first-order valence-electron chi connectivity index (χ1n) is 4.12. The smallest absolute Gasteiger partial charge is 0.267 e. The number of hydrogen-bond acceptors (Lipinski definition) is 3. The van der Waals surface area contributed by atoms with E-state index in [1.54, 1.807) is 0 Å². The number of carbonyl (C=O) groups is 1. The molecule has 16 heavy (non-hydrogen) atoms. The zero-order chi connectivity index (χ0) is 12.3. The van der Waals surface area contributed by atoms with E-state index < -0.39 is 15.9 Å². The van der Waals surface area contributed by atoms with Crippen LogP contribution in [-0.2, 0) is 17.1 Å². The highest BCUT2D eigenvalue weighted by Crippen LogP contribution is 2.15. The normalized spacial score (nSPS) is 10.6. The summed E-state index contributed by atoms with van der Waals surface area (Å²) in [7, 11) is -1.11. The number of rotatable bonds is 3. The van der Waals surface area contributed by atoms with Gasteiger partial charge in [0.2, 0.25) is 0 Å². The largest absolute Gasteiger partial charge is 0.354 e. The molecular weight excluding hydrogens is 234 g/mol. The number of aryl methyl sites for hydroxylation is 1. The van der Waals surface area contributed by atoms with Gasteiger partial charge in [0.15, 0.2) is 0 Å². The minimum Gasteiger partial charge on any atom is -0.354 e. The summed E-state index contributed by atoms with van der Waals surface area (Å²) >= 11 is 0. The van der Waals surface area contributed by atoms with E-state index in [1.165, 1.54) is 24.9 Å². The molecule has 0 aliphatic carbocycles. The van der Waals surface area contributed by atoms with Crippen molar-refractivity contribution in [2.45, 2.75) is 4.90 Å². The maximum Gasteiger partial charge on any atom is 0.267 e. The van der Waals surface area contributed by atoms with Gasteiger partial charge < -0.3 is 9.88 Å². The van der Waals surface area contributed by atoms with Gasteiger partial charge in [-0.25, -0.2) is 8.42 Å². The molecule has 1 amide bonds. The lowest BCUT2D eigenvalue weighted by Gasteiger charge is -1.98. The van der Waals surface area contributed by atoms with Gasteiger partial charge in [-0.15, -0.1) is 0 Å². The van der Waals surface area contributed by atoms with Crippen LogP contribution >= 0.6 is 0 Å². The molecule has 86 valence electrons. The molecule has 1 heterocycles. The maximum atomic E-state index is 11.3. The Morgan fingerprint density at radius 3 is 2.75 bits per heavy atom. The number of carbonyl (C=O) groups excluding carboxylic acids is 1. The zero-order valence-electron chi connectivity index (χ0n) is 8.58. The quantitative estimate of drug-likeness (QED) is 0.469. The molecule has 0 bridgehead atoms. The Morgan fingerprint density at radius 1 is 1.62 bits per heavy atom. The van der Waals surface area contributed by atoms with Crippen LogP contribution in [0.2, 0.25) is 0 Å². The van der Waals surface area contributed by atoms with Crippen LogP contribution in [0.1, 0.15) is 10.5 Å². The molecule has 8 nitrogen and oxygen atoms in total. The summed E-state index contributed by atoms with van der Waals surface area (Å²) in [6, 6.07) is 1.14. The predicted octanol–water partition coefficient (Wildman–Crippen LogP) is 0.384. The lowest BCUT2D eigenvalue weighted by Crippen LogP contribution is -2.20. The fraction of sp³-hybridized carbons (Fsp3) is 0.286. The summed E-state index contributed by atoms with van der Waals surface area (Å²) in [4.78, 5) is 13.3. The molecule has 0 aromatic carbocycles. The third-order valence-electron chi connectivity index (χ3n) is 1.88. The number of azide groups is 1. The molecule has 0 spiro atoms. The number of nitrogens with zero attached hydrogens (tertiary/aromatic N) is 4. The van der Waals surface area contributed by atoms with E-state index in [0.29, 0.717) is 0 Å². The summed E-state index contributed by atoms with van der Waals surface area (Å²) in [5, 5.41) is 2.36. The molecule has 1 aromatic rings. The first-order chi connectivity index (χ1) is 7.42. The van der Waals surface area contributed by atoms with Crippen molar-refractivity contribution < 1.29 is 13.2 Å². The van der Waals surface area contributed by atoms with Gasteiger partial charge in [0.05, 0.1) is 4.90 Å². The maximum absolute atomic E-state index is 11.3. The molecule has 0 unspecified atom stereocenters. The fourth-order valence-electron chi connectivity index (χ4n) is 1.12. The molecule has 0 saturated heterocycles. The van der Waals surface area contributed by atoms with Crippen LogP contribution in [0, 0.1) is 0 Å². The van der Waals surface area contributed by atoms with Crippen LogP contribution in [0.25, 0.3) is 10.4 Å². The van der Waals surface area contributed by atoms with Crippen LogP contribution in [0.3, 0.4) is 0 Å². The lowest BCUT2D eigenvalue weighted by atomic mass is 10.4. The van der Waals surface area contributed by atoms with E-state index in [1.807, 2.05) is 0 Å². The molecule has 0 aliphatic rings. The third kappa shape index (κ3) is 2.15. The molecule has 1 N–H and O–H groups in total. The standard InChI is InChI=1S/C7H9N5O3S/c1-9-7(13)6-3-5(4-12(6)2)16(14,15)11-10-8/h3-4H,1-2H3,(H,9,13). The van der Waals surface area contributed by atoms with E-state index >= 15 is 0 Å². The Kier molecular flexibility index (Phi) is 3.21. The van der Waals surface area contributed by atoms with Gasteiger partial charge in [-0.05, 0) is 11.6 Å². The molecule has 0 fully saturated rings. The molecule has 0 aliphatic heterocycles. The number of hydrogen-bond donors (Lipinski definition) is 1. The van der Waals surface area contributed by atoms with Crippen molar-refractivity contribution in [3.63, 3.8) is 0 Å². The van der Waals surface area contributed by atoms with Gasteiger partial charge in [0, 0.05) is 29.7 Å². The van der Waals surface area contributed by atoms with Crippen LogP contribution in [0.5, 0.6) is 0 Å². The average molecular weight is 243 g/mol. The van der Waals surface area contributed by atoms with Crippen molar-refractivity contribution in [2.24, 2.45) is 11.6 Å². The highest BCUT2D eigenvalue weighted by atomic mass is 32.2. The molecule has 0 atom stereocenters. The Hall–Kier alpha value is -1.99. The minimum atomic E-state index is -4.05. The van der Waals surface area contributed by atoms with Crippen molar-refractivity contribution in [3.05, 3.63) is 28.4 Å². The summed E-state index contributed by atoms with van der Waals surface area (Å²) in [6.45, 7) is 0. The molecule has 1 aromatic heterocycles. The second-order valence-electron chi connectivity index (χ2n) is 2.90. The van der Waals surface area contributed by atoms with Gasteiger partial charge >= 0.3 is 0 Å². The van der Waals surface area contributed by atoms with E-state index in [2.05, 4.69) is 14.7 Å². The van der Waals surface area contributed by atoms with Gasteiger partial charge in [-0.2, -0.15) is 0 Å². The van der Waals surface area contributed by atoms with E-state index in [-0.39, 0.29) is 10.6 Å². The Bertz CT molecular complexity index is 567. The first kappa shape index (κ1) is 12.1. The Morgan fingerprint density at radius 2 is 2.25 bits per heavy atom. The van der Waals surface area contributed by atoms with Crippen LogP contribution in [0.15, 0.2) is 21.7 Å². The third-order valence-corrected chi connectivity index (χ3v) is 2.99. The zero-order valence-corrected chi connectivity index (χ0v) is 9.39. The summed E-state index contributed by atoms with van der Waals surface area (Å²) in [6.07, 6.45) is 1.20. The van der Waals surface area contributed by atoms with Crippen LogP contribution in [-0.4, -0.2) is 25.9 Å². The second kappa shape index (κ2) is 4.25. The summed E-state index contributed by atoms with van der Waals surface area (Å²) in [5.74, 6) is -0.426. The lowest BCUT2D eigenvalue weighted by molar-refractivity contribution is 0.0955. The van der Waals surface area contributed by atoms with Crippen LogP contribution in [0.4, 0.5) is 0 Å². The van der Waals surface area contributed by atoms with Crippen molar-refractivity contribution in [3.8, 4) is 0 Å². The molecule has 0 radical (unpaired) electrons. The summed E-state index contributed by atoms with van der Waals surface area (Å²) in [5.41, 5.74) is 8.25. The van der Waals surface area contributed by atoms with E-state index in [0.717, 1.165) is 6.07 Å². The highest BCUT2D eigenvalue weighted by molar-refractivity contribution is 7.90. The molecular formula is C7H9N5O3S. The van der Waals surface area contributed by atoms with E-state index in [4.69, 9.17) is 5.53 Å². The Balaban J connectivity index is 3.31. The van der Waals surface area contributed by atoms with Crippen molar-refractivity contribution in [2.75, 3.05) is 7.05 Å². The number of sulfonamides is 1. The van der Waals surface area contributed by atoms with Crippen molar-refractivity contribution in [1.29, 1.82) is 0 Å². The topological polar surface area (TPSA) is 117 Å². The van der Waals surface area contributed by atoms with Gasteiger partial charge in [-0.1, -0.05) is 0 Å². The number of aromatic nitrogens is 1. The van der Waals surface area contributed by atoms with Gasteiger partial charge in [0.1, 0.15) is 5.69 Å². The molecule has 1 rings (SSSR count). The minimum absolute atomic E-state index is 0.161. The SMILES string of the molecule is CNC(=O)c1cc(S(=O)(=O)N=[N+]=[N-])cn1C. The van der Waals surface area contributed by atoms with Crippen molar-refractivity contribution >= 4 is 15.9 Å². The summed E-state index contributed by atoms with van der Waals surface area (Å²) < 4.78 is 26.7. The fourth-order valence-corrected chi connectivity index (χ4v) is 1.87. The highest BCUT2D eigenvalue weighted by Gasteiger charge is 2.18. The second-order valence-corrected chi connectivity index (χ2v) is 4.48. The monoisotopic (exact) mass is 243 g/mol. The van der Waals surface area contributed by atoms with Crippen molar-refractivity contribution in [1.82, 2.24) is 9.88 Å². The number of amides is 1. The van der Waals surface area contributed by atoms with Crippen LogP contribution < -0.4 is 5.32 Å². The first-order valence-corrected chi connectivity index (χ1v) is 5.56. The molecule has 0 saturated carbocycles. The van der Waals surface area contributed by atoms with Gasteiger partial charge in [-0.3, -0.25) is 4.79 Å². The molecule has 9 heteroatoms. The van der Waals surface area contributed by atoms with E-state index in [9.17, 15) is 13.2 Å². The van der Waals surface area contributed by atoms with Gasteiger partial charge in [0.25, 0.3) is 15.9 Å². The number of nitrogens with one attached hydrogen (secondary N) is 1. The predicted molar refractivity (Wildman–Crippen MR) is 55.1 cm³/mol. The Labute approximate surface area is 91.6 Å².